The summed E-state index contributed by atoms with van der Waals surface area (Å²) in [5, 5.41) is 6.66. The molecule has 0 aromatic carbocycles. The number of aliphatic imine (C=N–C) groups is 1. The Morgan fingerprint density at radius 3 is 2.54 bits per heavy atom. The lowest BCUT2D eigenvalue weighted by Gasteiger charge is -2.26. The zero-order valence-electron chi connectivity index (χ0n) is 15.7. The molecule has 2 unspecified atom stereocenters. The average Bonchev–Trinajstić information content (AvgIpc) is 3.39. The Hall–Kier alpha value is 0.220. The molecule has 0 spiro atoms. The molecule has 0 amide bonds. The van der Waals surface area contributed by atoms with Crippen LogP contribution in [0.2, 0.25) is 0 Å². The van der Waals surface area contributed by atoms with Gasteiger partial charge in [-0.05, 0) is 18.8 Å². The molecule has 3 rings (SSSR count). The Kier molecular flexibility index (Phi) is 8.77. The number of guanidine groups is 1. The molecule has 152 valence electrons. The summed E-state index contributed by atoms with van der Waals surface area (Å²) in [6, 6.07) is 1.17. The molecule has 0 radical (unpaired) electrons. The van der Waals surface area contributed by atoms with E-state index in [0.717, 1.165) is 30.6 Å². The van der Waals surface area contributed by atoms with Crippen molar-refractivity contribution in [3.05, 3.63) is 0 Å². The summed E-state index contributed by atoms with van der Waals surface area (Å²) in [4.78, 5) is 6.83. The molecule has 7 nitrogen and oxygen atoms in total. The van der Waals surface area contributed by atoms with Crippen molar-refractivity contribution in [3.8, 4) is 0 Å². The van der Waals surface area contributed by atoms with E-state index in [2.05, 4.69) is 27.4 Å². The Balaban J connectivity index is 0.00000243. The summed E-state index contributed by atoms with van der Waals surface area (Å²) in [6.45, 7) is 6.12. The summed E-state index contributed by atoms with van der Waals surface area (Å²) in [5.41, 5.74) is 0. The second-order valence-corrected chi connectivity index (χ2v) is 10.6. The minimum atomic E-state index is -3.17. The monoisotopic (exact) mass is 517 g/mol. The molecule has 2 atom stereocenters. The molecule has 0 aromatic heterocycles. The summed E-state index contributed by atoms with van der Waals surface area (Å²) < 4.78 is 26.4. The van der Waals surface area contributed by atoms with E-state index in [-0.39, 0.29) is 29.7 Å². The fourth-order valence-electron chi connectivity index (χ4n) is 3.55. The number of hydrogen-bond donors (Lipinski definition) is 2. The lowest BCUT2D eigenvalue weighted by molar-refractivity contribution is 0.315. The Morgan fingerprint density at radius 1 is 1.23 bits per heavy atom. The van der Waals surface area contributed by atoms with Gasteiger partial charge in [-0.2, -0.15) is 11.8 Å². The third kappa shape index (κ3) is 6.11. The Bertz CT molecular complexity index is 579. The first-order valence-electron chi connectivity index (χ1n) is 9.26. The van der Waals surface area contributed by atoms with Gasteiger partial charge in [0.1, 0.15) is 0 Å². The first-order valence-corrected chi connectivity index (χ1v) is 12.0. The van der Waals surface area contributed by atoms with Crippen molar-refractivity contribution in [2.24, 2.45) is 10.9 Å². The van der Waals surface area contributed by atoms with Crippen LogP contribution in [0.3, 0.4) is 0 Å². The first kappa shape index (κ1) is 22.5. The minimum absolute atomic E-state index is 0. The molecular weight excluding hydrogens is 485 g/mol. The van der Waals surface area contributed by atoms with Crippen molar-refractivity contribution in [2.45, 2.75) is 31.8 Å². The van der Waals surface area contributed by atoms with Crippen molar-refractivity contribution >= 4 is 51.7 Å². The molecule has 2 saturated heterocycles. The quantitative estimate of drug-likeness (QED) is 0.306. The molecule has 1 aliphatic carbocycles. The van der Waals surface area contributed by atoms with Gasteiger partial charge in [-0.3, -0.25) is 9.89 Å². The maximum Gasteiger partial charge on any atom is 0.215 e. The third-order valence-electron chi connectivity index (χ3n) is 5.27. The molecule has 0 bridgehead atoms. The topological polar surface area (TPSA) is 77.0 Å². The van der Waals surface area contributed by atoms with Crippen molar-refractivity contribution < 1.29 is 8.42 Å². The maximum absolute atomic E-state index is 12.4. The highest BCUT2D eigenvalue weighted by Gasteiger charge is 2.38. The summed E-state index contributed by atoms with van der Waals surface area (Å²) >= 11 is 1.82. The smallest absolute Gasteiger partial charge is 0.215 e. The van der Waals surface area contributed by atoms with Crippen LogP contribution in [0.1, 0.15) is 19.8 Å². The van der Waals surface area contributed by atoms with Crippen molar-refractivity contribution in [2.75, 3.05) is 57.0 Å². The highest BCUT2D eigenvalue weighted by Crippen LogP contribution is 2.31. The van der Waals surface area contributed by atoms with Gasteiger partial charge >= 0.3 is 0 Å². The largest absolute Gasteiger partial charge is 0.355 e. The standard InChI is InChI=1S/C16H31N5O2S2.HI/c1-13-11-20(14-3-4-14)12-15(13)19-16(17-2)18-5-10-25(22,23)21-6-8-24-9-7-21;/h13-15H,3-12H2,1-2H3,(H2,17,18,19);1H. The van der Waals surface area contributed by atoms with Crippen molar-refractivity contribution in [3.63, 3.8) is 0 Å². The van der Waals surface area contributed by atoms with Crippen LogP contribution in [0.25, 0.3) is 0 Å². The van der Waals surface area contributed by atoms with E-state index in [9.17, 15) is 8.42 Å². The zero-order valence-corrected chi connectivity index (χ0v) is 19.6. The lowest BCUT2D eigenvalue weighted by atomic mass is 10.1. The first-order chi connectivity index (χ1) is 12.0. The predicted molar refractivity (Wildman–Crippen MR) is 120 cm³/mol. The van der Waals surface area contributed by atoms with E-state index in [1.54, 1.807) is 11.4 Å². The SMILES string of the molecule is CN=C(NCCS(=O)(=O)N1CCSCC1)NC1CN(C2CC2)CC1C.I. The molecular formula is C16H32IN5O2S2. The molecule has 1 saturated carbocycles. The number of likely N-dealkylation sites (tertiary alicyclic amines) is 1. The average molecular weight is 518 g/mol. The highest BCUT2D eigenvalue weighted by molar-refractivity contribution is 14.0. The van der Waals surface area contributed by atoms with Crippen LogP contribution in [-0.4, -0.2) is 92.7 Å². The second kappa shape index (κ2) is 10.1. The number of nitrogens with zero attached hydrogens (tertiary/aromatic N) is 3. The third-order valence-corrected chi connectivity index (χ3v) is 8.08. The molecule has 2 heterocycles. The normalized spacial score (nSPS) is 28.6. The van der Waals surface area contributed by atoms with Crippen LogP contribution < -0.4 is 10.6 Å². The van der Waals surface area contributed by atoms with E-state index in [1.165, 1.54) is 12.8 Å². The molecule has 10 heteroatoms. The van der Waals surface area contributed by atoms with Gasteiger partial charge in [0.15, 0.2) is 5.96 Å². The van der Waals surface area contributed by atoms with Crippen LogP contribution in [-0.2, 0) is 10.0 Å². The van der Waals surface area contributed by atoms with Crippen LogP contribution in [0.15, 0.2) is 4.99 Å². The Morgan fingerprint density at radius 2 is 1.92 bits per heavy atom. The summed E-state index contributed by atoms with van der Waals surface area (Å²) in [6.07, 6.45) is 2.67. The van der Waals surface area contributed by atoms with E-state index < -0.39 is 10.0 Å². The minimum Gasteiger partial charge on any atom is -0.355 e. The molecule has 3 aliphatic rings. The van der Waals surface area contributed by atoms with Gasteiger partial charge in [0.2, 0.25) is 10.0 Å². The van der Waals surface area contributed by atoms with Gasteiger partial charge in [-0.15, -0.1) is 24.0 Å². The van der Waals surface area contributed by atoms with E-state index in [0.29, 0.717) is 37.6 Å². The molecule has 0 aromatic rings. The molecule has 2 aliphatic heterocycles. The van der Waals surface area contributed by atoms with Gasteiger partial charge < -0.3 is 10.6 Å². The van der Waals surface area contributed by atoms with Crippen LogP contribution in [0, 0.1) is 5.92 Å². The predicted octanol–water partition coefficient (Wildman–Crippen LogP) is 0.631. The Labute approximate surface area is 179 Å². The lowest BCUT2D eigenvalue weighted by Crippen LogP contribution is -2.48. The van der Waals surface area contributed by atoms with Crippen molar-refractivity contribution in [1.82, 2.24) is 19.8 Å². The van der Waals surface area contributed by atoms with Gasteiger partial charge in [-0.1, -0.05) is 6.92 Å². The fraction of sp³-hybridized carbons (Fsp3) is 0.938. The van der Waals surface area contributed by atoms with Crippen LogP contribution in [0.5, 0.6) is 0 Å². The number of nitrogens with one attached hydrogen (secondary N) is 2. The van der Waals surface area contributed by atoms with Gasteiger partial charge in [0.25, 0.3) is 0 Å². The number of thioether (sulfide) groups is 1. The van der Waals surface area contributed by atoms with E-state index in [4.69, 9.17) is 0 Å². The fourth-order valence-corrected chi connectivity index (χ4v) is 6.04. The maximum atomic E-state index is 12.4. The zero-order chi connectivity index (χ0) is 17.9. The van der Waals surface area contributed by atoms with Crippen LogP contribution >= 0.6 is 35.7 Å². The summed E-state index contributed by atoms with van der Waals surface area (Å²) in [7, 11) is -1.43. The van der Waals surface area contributed by atoms with Gasteiger partial charge in [0, 0.05) is 63.4 Å². The number of rotatable bonds is 6. The number of halogens is 1. The molecule has 26 heavy (non-hydrogen) atoms. The van der Waals surface area contributed by atoms with Gasteiger partial charge in [-0.25, -0.2) is 12.7 Å². The number of sulfonamides is 1. The van der Waals surface area contributed by atoms with Crippen molar-refractivity contribution in [1.29, 1.82) is 0 Å². The van der Waals surface area contributed by atoms with Crippen LogP contribution in [0.4, 0.5) is 0 Å². The highest BCUT2D eigenvalue weighted by atomic mass is 127. The van der Waals surface area contributed by atoms with Gasteiger partial charge in [0.05, 0.1) is 5.75 Å². The van der Waals surface area contributed by atoms with E-state index in [1.807, 2.05) is 11.8 Å². The number of hydrogen-bond acceptors (Lipinski definition) is 5. The molecule has 3 fully saturated rings. The van der Waals surface area contributed by atoms with E-state index >= 15 is 0 Å². The summed E-state index contributed by atoms with van der Waals surface area (Å²) in [5.74, 6) is 3.19. The molecule has 2 N–H and O–H groups in total. The second-order valence-electron chi connectivity index (χ2n) is 7.24.